The molecule has 0 amide bonds. The SMILES string of the molecule is Cc1cc(Nc2cc3ncccc3c(NC3C[C@H]4CCC[C@@H](C3)N4CC3COC(=O)O3)n2)n[nH]1. The lowest BCUT2D eigenvalue weighted by Gasteiger charge is -2.49. The summed E-state index contributed by atoms with van der Waals surface area (Å²) < 4.78 is 10.3. The first-order valence-corrected chi connectivity index (χ1v) is 12.0. The van der Waals surface area contributed by atoms with E-state index in [-0.39, 0.29) is 6.10 Å². The molecule has 3 saturated heterocycles. The molecule has 0 aliphatic carbocycles. The molecule has 3 aromatic rings. The fraction of sp³-hybridized carbons (Fsp3) is 0.500. The number of nitrogens with one attached hydrogen (secondary N) is 3. The van der Waals surface area contributed by atoms with Gasteiger partial charge >= 0.3 is 6.16 Å². The number of carbonyl (C=O) groups excluding carboxylic acids is 1. The number of cyclic esters (lactones) is 2. The highest BCUT2D eigenvalue weighted by atomic mass is 16.8. The van der Waals surface area contributed by atoms with Gasteiger partial charge in [-0.15, -0.1) is 0 Å². The van der Waals surface area contributed by atoms with E-state index >= 15 is 0 Å². The maximum absolute atomic E-state index is 11.4. The zero-order valence-corrected chi connectivity index (χ0v) is 19.2. The van der Waals surface area contributed by atoms with Crippen molar-refractivity contribution in [1.29, 1.82) is 0 Å². The molecular weight excluding hydrogens is 434 g/mol. The number of rotatable bonds is 6. The number of anilines is 3. The van der Waals surface area contributed by atoms with E-state index in [1.54, 1.807) is 6.20 Å². The Hall–Kier alpha value is -3.40. The number of hydrogen-bond donors (Lipinski definition) is 3. The number of aryl methyl sites for hydroxylation is 1. The van der Waals surface area contributed by atoms with Gasteiger partial charge in [-0.3, -0.25) is 15.0 Å². The molecule has 0 aromatic carbocycles. The topological polar surface area (TPSA) is 117 Å². The first-order valence-electron chi connectivity index (χ1n) is 12.0. The summed E-state index contributed by atoms with van der Waals surface area (Å²) in [5.41, 5.74) is 1.87. The predicted octanol–water partition coefficient (Wildman–Crippen LogP) is 3.74. The third kappa shape index (κ3) is 4.25. The number of pyridine rings is 2. The summed E-state index contributed by atoms with van der Waals surface area (Å²) in [6.45, 7) is 3.07. The van der Waals surface area contributed by atoms with Gasteiger partial charge in [-0.05, 0) is 44.7 Å². The van der Waals surface area contributed by atoms with Gasteiger partial charge in [-0.25, -0.2) is 9.78 Å². The quantitative estimate of drug-likeness (QED) is 0.470. The van der Waals surface area contributed by atoms with Crippen LogP contribution in [-0.2, 0) is 9.47 Å². The highest BCUT2D eigenvalue weighted by Crippen LogP contribution is 2.36. The molecule has 3 aromatic heterocycles. The van der Waals surface area contributed by atoms with Crippen LogP contribution in [0.4, 0.5) is 22.2 Å². The van der Waals surface area contributed by atoms with Crippen LogP contribution in [0.1, 0.15) is 37.8 Å². The Balaban J connectivity index is 1.21. The minimum Gasteiger partial charge on any atom is -0.430 e. The van der Waals surface area contributed by atoms with Crippen molar-refractivity contribution in [1.82, 2.24) is 25.1 Å². The molecule has 3 aliphatic rings. The van der Waals surface area contributed by atoms with E-state index in [0.29, 0.717) is 30.6 Å². The van der Waals surface area contributed by atoms with Gasteiger partial charge in [0.15, 0.2) is 11.9 Å². The molecule has 6 rings (SSSR count). The van der Waals surface area contributed by atoms with Crippen LogP contribution in [0.5, 0.6) is 0 Å². The summed E-state index contributed by atoms with van der Waals surface area (Å²) in [6, 6.07) is 9.14. The smallest absolute Gasteiger partial charge is 0.430 e. The second-order valence-electron chi connectivity index (χ2n) is 9.54. The number of aromatic nitrogens is 4. The second-order valence-corrected chi connectivity index (χ2v) is 9.54. The average Bonchev–Trinajstić information content (AvgIpc) is 3.41. The largest absolute Gasteiger partial charge is 0.508 e. The Labute approximate surface area is 197 Å². The van der Waals surface area contributed by atoms with Gasteiger partial charge in [0.05, 0.1) is 5.52 Å². The van der Waals surface area contributed by atoms with Crippen molar-refractivity contribution < 1.29 is 14.3 Å². The minimum atomic E-state index is -0.545. The number of nitrogens with zero attached hydrogens (tertiary/aromatic N) is 4. The highest BCUT2D eigenvalue weighted by Gasteiger charge is 2.41. The number of piperidine rings is 2. The number of hydrogen-bond acceptors (Lipinski definition) is 9. The standard InChI is InChI=1S/C24H29N7O3/c1-14-8-22(30-29-14)27-21-11-20-19(6-3-7-25-20)23(28-21)26-15-9-16-4-2-5-17(10-15)31(16)12-18-13-33-24(32)34-18/h3,6-8,11,15-18H,2,4-5,9-10,12-13H2,1H3,(H3,26,27,28,29,30)/t15?,16-,17+,18?. The number of H-pyrrole nitrogens is 1. The third-order valence-corrected chi connectivity index (χ3v) is 7.09. The molecule has 2 unspecified atom stereocenters. The van der Waals surface area contributed by atoms with Crippen LogP contribution >= 0.6 is 0 Å². The monoisotopic (exact) mass is 463 g/mol. The van der Waals surface area contributed by atoms with Gasteiger partial charge in [0.25, 0.3) is 0 Å². The molecule has 34 heavy (non-hydrogen) atoms. The summed E-state index contributed by atoms with van der Waals surface area (Å²) in [6.07, 6.45) is 6.71. The molecule has 3 N–H and O–H groups in total. The van der Waals surface area contributed by atoms with Crippen LogP contribution in [-0.4, -0.2) is 68.6 Å². The van der Waals surface area contributed by atoms with Gasteiger partial charge in [0.2, 0.25) is 0 Å². The zero-order valence-electron chi connectivity index (χ0n) is 19.2. The van der Waals surface area contributed by atoms with Gasteiger partial charge in [0.1, 0.15) is 18.2 Å². The van der Waals surface area contributed by atoms with Crippen molar-refractivity contribution in [3.63, 3.8) is 0 Å². The van der Waals surface area contributed by atoms with Crippen molar-refractivity contribution in [2.75, 3.05) is 23.8 Å². The molecular formula is C24H29N7O3. The van der Waals surface area contributed by atoms with Crippen molar-refractivity contribution >= 4 is 34.5 Å². The predicted molar refractivity (Wildman–Crippen MR) is 127 cm³/mol. The highest BCUT2D eigenvalue weighted by molar-refractivity contribution is 5.91. The van der Waals surface area contributed by atoms with Crippen LogP contribution < -0.4 is 10.6 Å². The molecule has 0 saturated carbocycles. The first kappa shape index (κ1) is 21.2. The number of ether oxygens (including phenoxy) is 2. The molecule has 10 nitrogen and oxygen atoms in total. The van der Waals surface area contributed by atoms with E-state index in [0.717, 1.165) is 60.5 Å². The number of carbonyl (C=O) groups is 1. The molecule has 0 radical (unpaired) electrons. The summed E-state index contributed by atoms with van der Waals surface area (Å²) in [5, 5.41) is 15.3. The van der Waals surface area contributed by atoms with Gasteiger partial charge in [0, 0.05) is 54.1 Å². The third-order valence-electron chi connectivity index (χ3n) is 7.09. The molecule has 6 heterocycles. The van der Waals surface area contributed by atoms with Crippen LogP contribution in [0.25, 0.3) is 10.9 Å². The van der Waals surface area contributed by atoms with Crippen molar-refractivity contribution in [2.24, 2.45) is 0 Å². The second kappa shape index (κ2) is 8.75. The van der Waals surface area contributed by atoms with E-state index in [2.05, 4.69) is 36.8 Å². The molecule has 0 spiro atoms. The number of aromatic amines is 1. The van der Waals surface area contributed by atoms with E-state index in [4.69, 9.17) is 14.5 Å². The summed E-state index contributed by atoms with van der Waals surface area (Å²) in [5.74, 6) is 2.28. The number of fused-ring (bicyclic) bond motifs is 3. The zero-order chi connectivity index (χ0) is 23.1. The van der Waals surface area contributed by atoms with Crippen molar-refractivity contribution in [3.8, 4) is 0 Å². The molecule has 10 heteroatoms. The van der Waals surface area contributed by atoms with Crippen LogP contribution in [0, 0.1) is 6.92 Å². The Kier molecular flexibility index (Phi) is 5.44. The molecule has 4 atom stereocenters. The Morgan fingerprint density at radius 2 is 2.06 bits per heavy atom. The molecule has 3 fully saturated rings. The summed E-state index contributed by atoms with van der Waals surface area (Å²) in [4.78, 5) is 23.4. The minimum absolute atomic E-state index is 0.162. The fourth-order valence-electron chi connectivity index (χ4n) is 5.64. The first-order chi connectivity index (χ1) is 16.6. The normalized spacial score (nSPS) is 26.8. The lowest BCUT2D eigenvalue weighted by Crippen LogP contribution is -2.57. The van der Waals surface area contributed by atoms with Crippen LogP contribution in [0.15, 0.2) is 30.5 Å². The molecule has 178 valence electrons. The fourth-order valence-corrected chi connectivity index (χ4v) is 5.64. The van der Waals surface area contributed by atoms with Crippen molar-refractivity contribution in [3.05, 3.63) is 36.2 Å². The van der Waals surface area contributed by atoms with Crippen molar-refractivity contribution in [2.45, 2.75) is 63.3 Å². The van der Waals surface area contributed by atoms with E-state index < -0.39 is 6.16 Å². The molecule has 2 bridgehead atoms. The lowest BCUT2D eigenvalue weighted by atomic mass is 9.81. The maximum Gasteiger partial charge on any atom is 0.508 e. The van der Waals surface area contributed by atoms with E-state index in [9.17, 15) is 4.79 Å². The molecule has 3 aliphatic heterocycles. The lowest BCUT2D eigenvalue weighted by molar-refractivity contribution is 0.00337. The van der Waals surface area contributed by atoms with Crippen LogP contribution in [0.3, 0.4) is 0 Å². The maximum atomic E-state index is 11.4. The Morgan fingerprint density at radius 3 is 2.79 bits per heavy atom. The van der Waals surface area contributed by atoms with Crippen LogP contribution in [0.2, 0.25) is 0 Å². The average molecular weight is 464 g/mol. The Morgan fingerprint density at radius 1 is 1.21 bits per heavy atom. The van der Waals surface area contributed by atoms with Gasteiger partial charge in [-0.1, -0.05) is 6.42 Å². The van der Waals surface area contributed by atoms with E-state index in [1.807, 2.05) is 25.1 Å². The Bertz CT molecular complexity index is 1180. The van der Waals surface area contributed by atoms with Gasteiger partial charge < -0.3 is 20.1 Å². The van der Waals surface area contributed by atoms with E-state index in [1.165, 1.54) is 6.42 Å². The van der Waals surface area contributed by atoms with Gasteiger partial charge in [-0.2, -0.15) is 5.10 Å². The summed E-state index contributed by atoms with van der Waals surface area (Å²) in [7, 11) is 0. The summed E-state index contributed by atoms with van der Waals surface area (Å²) >= 11 is 0.